The maximum absolute atomic E-state index is 12.3. The molecule has 34 heavy (non-hydrogen) atoms. The van der Waals surface area contributed by atoms with Crippen molar-refractivity contribution in [3.8, 4) is 0 Å². The summed E-state index contributed by atoms with van der Waals surface area (Å²) in [5, 5.41) is 2.81. The highest BCUT2D eigenvalue weighted by molar-refractivity contribution is 5.93. The molecule has 0 saturated heterocycles. The number of aromatic nitrogens is 2. The first-order valence-electron chi connectivity index (χ1n) is 11.1. The van der Waals surface area contributed by atoms with E-state index >= 15 is 0 Å². The zero-order valence-electron chi connectivity index (χ0n) is 19.0. The van der Waals surface area contributed by atoms with Crippen molar-refractivity contribution in [2.45, 2.75) is 39.2 Å². The highest BCUT2D eigenvalue weighted by Gasteiger charge is 2.09. The molecule has 0 saturated carbocycles. The summed E-state index contributed by atoms with van der Waals surface area (Å²) in [7, 11) is 0. The second-order valence-electron chi connectivity index (χ2n) is 7.52. The van der Waals surface area contributed by atoms with Crippen molar-refractivity contribution < 1.29 is 23.9 Å². The summed E-state index contributed by atoms with van der Waals surface area (Å²) in [4.78, 5) is 44.2. The van der Waals surface area contributed by atoms with Gasteiger partial charge in [0.25, 0.3) is 0 Å². The van der Waals surface area contributed by atoms with Crippen LogP contribution in [0.2, 0.25) is 0 Å². The third kappa shape index (κ3) is 8.12. The third-order valence-corrected chi connectivity index (χ3v) is 4.95. The molecule has 0 aliphatic heterocycles. The van der Waals surface area contributed by atoms with E-state index in [4.69, 9.17) is 9.47 Å². The Labute approximate surface area is 198 Å². The molecule has 0 bridgehead atoms. The number of benzene rings is 1. The number of rotatable bonds is 11. The van der Waals surface area contributed by atoms with Gasteiger partial charge in [0.15, 0.2) is 0 Å². The summed E-state index contributed by atoms with van der Waals surface area (Å²) in [6.07, 6.45) is 6.69. The Kier molecular flexibility index (Phi) is 9.28. The van der Waals surface area contributed by atoms with E-state index < -0.39 is 5.97 Å². The predicted octanol–water partition coefficient (Wildman–Crippen LogP) is 3.90. The first kappa shape index (κ1) is 24.6. The molecule has 3 rings (SSSR count). The normalized spacial score (nSPS) is 10.4. The lowest BCUT2D eigenvalue weighted by Gasteiger charge is -2.08. The van der Waals surface area contributed by atoms with Crippen molar-refractivity contribution in [2.75, 3.05) is 11.9 Å². The van der Waals surface area contributed by atoms with Crippen molar-refractivity contribution in [3.63, 3.8) is 0 Å². The molecule has 0 aliphatic carbocycles. The largest absolute Gasteiger partial charge is 0.462 e. The summed E-state index contributed by atoms with van der Waals surface area (Å²) in [6.45, 7) is 2.14. The van der Waals surface area contributed by atoms with Gasteiger partial charge in [-0.2, -0.15) is 0 Å². The standard InChI is InChI=1S/C26H27N3O5/c1-2-33-26(32)21-5-7-22(8-6-21)29-24(30)9-3-20-13-16-28-23(17-20)18-34-25(31)10-4-19-11-14-27-15-12-19/h5-8,11-17H,2-4,9-10,18H2,1H3,(H,29,30). The quantitative estimate of drug-likeness (QED) is 0.432. The molecule has 176 valence electrons. The van der Waals surface area contributed by atoms with Crippen LogP contribution in [-0.4, -0.2) is 34.4 Å². The number of anilines is 1. The highest BCUT2D eigenvalue weighted by Crippen LogP contribution is 2.13. The van der Waals surface area contributed by atoms with Gasteiger partial charge in [-0.1, -0.05) is 0 Å². The van der Waals surface area contributed by atoms with E-state index in [1.807, 2.05) is 24.3 Å². The second kappa shape index (κ2) is 12.8. The Morgan fingerprint density at radius 1 is 0.853 bits per heavy atom. The van der Waals surface area contributed by atoms with Crippen molar-refractivity contribution >= 4 is 23.5 Å². The lowest BCUT2D eigenvalue weighted by molar-refractivity contribution is -0.145. The van der Waals surface area contributed by atoms with Gasteiger partial charge in [0.1, 0.15) is 6.61 Å². The monoisotopic (exact) mass is 461 g/mol. The third-order valence-electron chi connectivity index (χ3n) is 4.95. The molecule has 3 aromatic rings. The van der Waals surface area contributed by atoms with Crippen molar-refractivity contribution in [2.24, 2.45) is 0 Å². The average Bonchev–Trinajstić information content (AvgIpc) is 2.86. The van der Waals surface area contributed by atoms with Gasteiger partial charge in [-0.3, -0.25) is 19.6 Å². The molecular weight excluding hydrogens is 434 g/mol. The number of ether oxygens (including phenoxy) is 2. The van der Waals surface area contributed by atoms with Crippen LogP contribution in [0.3, 0.4) is 0 Å². The van der Waals surface area contributed by atoms with Crippen LogP contribution in [0.15, 0.2) is 67.1 Å². The fourth-order valence-electron chi connectivity index (χ4n) is 3.17. The number of hydrogen-bond donors (Lipinski definition) is 1. The summed E-state index contributed by atoms with van der Waals surface area (Å²) < 4.78 is 10.3. The fraction of sp³-hybridized carbons (Fsp3) is 0.269. The van der Waals surface area contributed by atoms with E-state index in [1.54, 1.807) is 49.8 Å². The second-order valence-corrected chi connectivity index (χ2v) is 7.52. The van der Waals surface area contributed by atoms with E-state index in [0.717, 1.165) is 11.1 Å². The van der Waals surface area contributed by atoms with Crippen LogP contribution in [0, 0.1) is 0 Å². The molecule has 0 fully saturated rings. The smallest absolute Gasteiger partial charge is 0.338 e. The zero-order chi connectivity index (χ0) is 24.2. The Balaban J connectivity index is 1.41. The Bertz CT molecular complexity index is 1100. The van der Waals surface area contributed by atoms with Crippen LogP contribution in [0.1, 0.15) is 46.9 Å². The molecule has 0 aliphatic rings. The molecule has 1 aromatic carbocycles. The molecule has 0 radical (unpaired) electrons. The number of esters is 2. The van der Waals surface area contributed by atoms with E-state index in [2.05, 4.69) is 15.3 Å². The van der Waals surface area contributed by atoms with E-state index in [1.165, 1.54) is 0 Å². The fourth-order valence-corrected chi connectivity index (χ4v) is 3.17. The van der Waals surface area contributed by atoms with Gasteiger partial charge in [0.05, 0.1) is 17.9 Å². The van der Waals surface area contributed by atoms with Crippen LogP contribution in [-0.2, 0) is 38.5 Å². The molecule has 8 nitrogen and oxygen atoms in total. The summed E-state index contributed by atoms with van der Waals surface area (Å²) in [5.74, 6) is -0.838. The SMILES string of the molecule is CCOC(=O)c1ccc(NC(=O)CCc2ccnc(COC(=O)CCc3ccncc3)c2)cc1. The van der Waals surface area contributed by atoms with E-state index in [9.17, 15) is 14.4 Å². The number of amides is 1. The maximum atomic E-state index is 12.3. The maximum Gasteiger partial charge on any atom is 0.338 e. The zero-order valence-corrected chi connectivity index (χ0v) is 19.0. The number of pyridine rings is 2. The summed E-state index contributed by atoms with van der Waals surface area (Å²) in [6, 6.07) is 13.9. The van der Waals surface area contributed by atoms with Gasteiger partial charge >= 0.3 is 11.9 Å². The molecular formula is C26H27N3O5. The van der Waals surface area contributed by atoms with Crippen molar-refractivity contribution in [3.05, 3.63) is 89.5 Å². The Morgan fingerprint density at radius 3 is 2.29 bits per heavy atom. The molecule has 2 aromatic heterocycles. The van der Waals surface area contributed by atoms with Gasteiger partial charge in [0.2, 0.25) is 5.91 Å². The Morgan fingerprint density at radius 2 is 1.56 bits per heavy atom. The molecule has 0 unspecified atom stereocenters. The minimum Gasteiger partial charge on any atom is -0.462 e. The van der Waals surface area contributed by atoms with Crippen LogP contribution < -0.4 is 5.32 Å². The molecule has 0 spiro atoms. The molecule has 2 heterocycles. The number of carbonyl (C=O) groups is 3. The van der Waals surface area contributed by atoms with Crippen LogP contribution in [0.25, 0.3) is 0 Å². The van der Waals surface area contributed by atoms with Gasteiger partial charge < -0.3 is 14.8 Å². The number of aryl methyl sites for hydroxylation is 2. The first-order valence-corrected chi connectivity index (χ1v) is 11.1. The van der Waals surface area contributed by atoms with Crippen LogP contribution >= 0.6 is 0 Å². The first-order chi connectivity index (χ1) is 16.5. The Hall–Kier alpha value is -4.07. The van der Waals surface area contributed by atoms with Crippen LogP contribution in [0.5, 0.6) is 0 Å². The number of hydrogen-bond acceptors (Lipinski definition) is 7. The highest BCUT2D eigenvalue weighted by atomic mass is 16.5. The molecule has 8 heteroatoms. The van der Waals surface area contributed by atoms with Gasteiger partial charge in [-0.25, -0.2) is 4.79 Å². The minimum absolute atomic E-state index is 0.0853. The molecule has 1 N–H and O–H groups in total. The number of carbonyl (C=O) groups excluding carboxylic acids is 3. The van der Waals surface area contributed by atoms with Gasteiger partial charge in [0, 0.05) is 37.1 Å². The lowest BCUT2D eigenvalue weighted by atomic mass is 10.1. The summed E-state index contributed by atoms with van der Waals surface area (Å²) in [5.41, 5.74) is 3.62. The van der Waals surface area contributed by atoms with Gasteiger partial charge in [-0.15, -0.1) is 0 Å². The predicted molar refractivity (Wildman–Crippen MR) is 126 cm³/mol. The van der Waals surface area contributed by atoms with Crippen molar-refractivity contribution in [1.82, 2.24) is 9.97 Å². The van der Waals surface area contributed by atoms with Crippen LogP contribution in [0.4, 0.5) is 5.69 Å². The van der Waals surface area contributed by atoms with Gasteiger partial charge in [-0.05, 0) is 79.4 Å². The number of nitrogens with zero attached hydrogens (tertiary/aromatic N) is 2. The molecule has 0 atom stereocenters. The van der Waals surface area contributed by atoms with Crippen molar-refractivity contribution in [1.29, 1.82) is 0 Å². The average molecular weight is 462 g/mol. The molecule has 1 amide bonds. The topological polar surface area (TPSA) is 107 Å². The number of nitrogens with one attached hydrogen (secondary N) is 1. The summed E-state index contributed by atoms with van der Waals surface area (Å²) >= 11 is 0. The van der Waals surface area contributed by atoms with E-state index in [-0.39, 0.29) is 31.3 Å². The minimum atomic E-state index is -0.395. The van der Waals surface area contributed by atoms with E-state index in [0.29, 0.717) is 36.4 Å². The lowest BCUT2D eigenvalue weighted by Crippen LogP contribution is -2.13.